The molecule has 1 rings (SSSR count). The second-order valence-corrected chi connectivity index (χ2v) is 5.20. The fourth-order valence-corrected chi connectivity index (χ4v) is 2.61. The van der Waals surface area contributed by atoms with E-state index >= 15 is 0 Å². The van der Waals surface area contributed by atoms with Gasteiger partial charge in [0.05, 0.1) is 0 Å². The van der Waals surface area contributed by atoms with Gasteiger partial charge in [-0.3, -0.25) is 0 Å². The molecule has 1 aromatic rings. The molecule has 0 amide bonds. The molecule has 1 unspecified atom stereocenters. The van der Waals surface area contributed by atoms with Crippen LogP contribution in [0.3, 0.4) is 0 Å². The van der Waals surface area contributed by atoms with Gasteiger partial charge in [0, 0.05) is 9.61 Å². The van der Waals surface area contributed by atoms with E-state index in [1.165, 1.54) is 11.6 Å². The molecule has 0 heterocycles. The van der Waals surface area contributed by atoms with Crippen LogP contribution in [0.2, 0.25) is 0 Å². The Balaban J connectivity index is 2.82. The van der Waals surface area contributed by atoms with Crippen LogP contribution in [0.25, 0.3) is 0 Å². The molecule has 0 aliphatic carbocycles. The normalized spacial score (nSPS) is 12.4. The fourth-order valence-electron chi connectivity index (χ4n) is 1.75. The summed E-state index contributed by atoms with van der Waals surface area (Å²) in [5.41, 5.74) is 1.18. The van der Waals surface area contributed by atoms with Gasteiger partial charge in [0.2, 0.25) is 0 Å². The summed E-state index contributed by atoms with van der Waals surface area (Å²) < 4.78 is 14.1. The Labute approximate surface area is 117 Å². The molecule has 1 aromatic carbocycles. The summed E-state index contributed by atoms with van der Waals surface area (Å²) in [6.45, 7) is 6.88. The molecule has 0 aromatic heterocycles. The molecular weight excluding hydrogens is 328 g/mol. The zero-order valence-corrected chi connectivity index (χ0v) is 12.3. The summed E-state index contributed by atoms with van der Waals surface area (Å²) in [7, 11) is 0. The smallest absolute Gasteiger partial charge is 0.124 e. The number of hydrogen-bond donors (Lipinski definition) is 1. The molecule has 1 N–H and O–H groups in total. The third-order valence-electron chi connectivity index (χ3n) is 2.64. The first-order valence-electron chi connectivity index (χ1n) is 5.98. The van der Waals surface area contributed by atoms with E-state index in [0.717, 1.165) is 29.4 Å². The first kappa shape index (κ1) is 14.6. The van der Waals surface area contributed by atoms with E-state index in [4.69, 9.17) is 0 Å². The van der Waals surface area contributed by atoms with Crippen molar-refractivity contribution in [3.8, 4) is 0 Å². The van der Waals surface area contributed by atoms with Crippen LogP contribution in [0.5, 0.6) is 0 Å². The van der Waals surface area contributed by atoms with E-state index < -0.39 is 0 Å². The molecule has 0 bridgehead atoms. The summed E-state index contributed by atoms with van der Waals surface area (Å²) >= 11 is 2.20. The van der Waals surface area contributed by atoms with Crippen LogP contribution in [0.15, 0.2) is 30.9 Å². The van der Waals surface area contributed by atoms with Crippen molar-refractivity contribution in [2.45, 2.75) is 32.2 Å². The Morgan fingerprint density at radius 2 is 2.29 bits per heavy atom. The van der Waals surface area contributed by atoms with Gasteiger partial charge < -0.3 is 5.32 Å². The molecule has 0 spiro atoms. The maximum atomic E-state index is 13.1. The van der Waals surface area contributed by atoms with Gasteiger partial charge in [0.15, 0.2) is 0 Å². The molecule has 3 heteroatoms. The summed E-state index contributed by atoms with van der Waals surface area (Å²) in [5, 5.41) is 3.51. The molecule has 0 radical (unpaired) electrons. The molecule has 0 saturated carbocycles. The predicted octanol–water partition coefficient (Wildman–Crippen LogP) is 4.44. The lowest BCUT2D eigenvalue weighted by atomic mass is 10.0. The molecule has 0 aliphatic heterocycles. The number of rotatable bonds is 7. The van der Waals surface area contributed by atoms with Crippen molar-refractivity contribution in [1.29, 1.82) is 0 Å². The molecule has 1 atom stereocenters. The number of nitrogens with one attached hydrogen (secondary N) is 1. The first-order chi connectivity index (χ1) is 8.19. The number of benzene rings is 1. The Morgan fingerprint density at radius 3 is 2.88 bits per heavy atom. The standard InChI is InChI=1S/C14H19FIN/c1-3-5-6-14(17-9-4-2)12-8-7-11(15)10-13(12)16/h3,7-8,10,14,17H,1,4-6,9H2,2H3. The van der Waals surface area contributed by atoms with E-state index in [0.29, 0.717) is 6.04 Å². The van der Waals surface area contributed by atoms with Crippen LogP contribution in [0.4, 0.5) is 4.39 Å². The predicted molar refractivity (Wildman–Crippen MR) is 79.6 cm³/mol. The van der Waals surface area contributed by atoms with Crippen molar-refractivity contribution in [3.05, 3.63) is 45.8 Å². The van der Waals surface area contributed by atoms with Gasteiger partial charge in [-0.2, -0.15) is 0 Å². The Kier molecular flexibility index (Phi) is 6.73. The van der Waals surface area contributed by atoms with E-state index in [2.05, 4.69) is 41.4 Å². The molecule has 17 heavy (non-hydrogen) atoms. The van der Waals surface area contributed by atoms with Gasteiger partial charge in [-0.05, 0) is 66.1 Å². The van der Waals surface area contributed by atoms with Gasteiger partial charge in [0.25, 0.3) is 0 Å². The van der Waals surface area contributed by atoms with Crippen molar-refractivity contribution in [2.75, 3.05) is 6.54 Å². The first-order valence-corrected chi connectivity index (χ1v) is 7.06. The van der Waals surface area contributed by atoms with Crippen LogP contribution in [0.1, 0.15) is 37.8 Å². The quantitative estimate of drug-likeness (QED) is 0.568. The maximum absolute atomic E-state index is 13.1. The average molecular weight is 347 g/mol. The van der Waals surface area contributed by atoms with Gasteiger partial charge in [0.1, 0.15) is 5.82 Å². The summed E-state index contributed by atoms with van der Waals surface area (Å²) in [6, 6.07) is 5.30. The van der Waals surface area contributed by atoms with Gasteiger partial charge in [-0.15, -0.1) is 6.58 Å². The van der Waals surface area contributed by atoms with Gasteiger partial charge >= 0.3 is 0 Å². The second-order valence-electron chi connectivity index (χ2n) is 4.04. The zero-order valence-electron chi connectivity index (χ0n) is 10.2. The van der Waals surface area contributed by atoms with E-state index in [9.17, 15) is 4.39 Å². The zero-order chi connectivity index (χ0) is 12.7. The minimum atomic E-state index is -0.170. The SMILES string of the molecule is C=CCCC(NCCC)c1ccc(F)cc1I. The Bertz CT molecular complexity index is 365. The van der Waals surface area contributed by atoms with Crippen molar-refractivity contribution < 1.29 is 4.39 Å². The molecule has 1 nitrogen and oxygen atoms in total. The highest BCUT2D eigenvalue weighted by atomic mass is 127. The molecular formula is C14H19FIN. The number of hydrogen-bond acceptors (Lipinski definition) is 1. The number of allylic oxidation sites excluding steroid dienone is 1. The highest BCUT2D eigenvalue weighted by Gasteiger charge is 2.13. The lowest BCUT2D eigenvalue weighted by Crippen LogP contribution is -2.22. The van der Waals surface area contributed by atoms with Crippen LogP contribution in [-0.2, 0) is 0 Å². The minimum absolute atomic E-state index is 0.170. The lowest BCUT2D eigenvalue weighted by molar-refractivity contribution is 0.500. The monoisotopic (exact) mass is 347 g/mol. The van der Waals surface area contributed by atoms with Crippen molar-refractivity contribution in [1.82, 2.24) is 5.32 Å². The highest BCUT2D eigenvalue weighted by Crippen LogP contribution is 2.24. The molecule has 0 aliphatic rings. The van der Waals surface area contributed by atoms with Gasteiger partial charge in [-0.1, -0.05) is 19.1 Å². The third-order valence-corrected chi connectivity index (χ3v) is 3.57. The van der Waals surface area contributed by atoms with Crippen LogP contribution >= 0.6 is 22.6 Å². The van der Waals surface area contributed by atoms with Crippen molar-refractivity contribution in [2.24, 2.45) is 0 Å². The Morgan fingerprint density at radius 1 is 1.53 bits per heavy atom. The molecule has 0 fully saturated rings. The van der Waals surface area contributed by atoms with Crippen molar-refractivity contribution in [3.63, 3.8) is 0 Å². The van der Waals surface area contributed by atoms with E-state index in [1.807, 2.05) is 12.1 Å². The fraction of sp³-hybridized carbons (Fsp3) is 0.429. The van der Waals surface area contributed by atoms with Crippen LogP contribution < -0.4 is 5.32 Å². The topological polar surface area (TPSA) is 12.0 Å². The summed E-state index contributed by atoms with van der Waals surface area (Å²) in [5.74, 6) is -0.170. The lowest BCUT2D eigenvalue weighted by Gasteiger charge is -2.19. The second kappa shape index (κ2) is 7.82. The Hall–Kier alpha value is -0.420. The summed E-state index contributed by atoms with van der Waals surface area (Å²) in [4.78, 5) is 0. The van der Waals surface area contributed by atoms with Crippen LogP contribution in [-0.4, -0.2) is 6.54 Å². The van der Waals surface area contributed by atoms with E-state index in [1.54, 1.807) is 6.07 Å². The highest BCUT2D eigenvalue weighted by molar-refractivity contribution is 14.1. The number of halogens is 2. The third kappa shape index (κ3) is 4.76. The maximum Gasteiger partial charge on any atom is 0.124 e. The van der Waals surface area contributed by atoms with Crippen LogP contribution in [0, 0.1) is 9.39 Å². The average Bonchev–Trinajstić information content (AvgIpc) is 2.30. The molecule has 0 saturated heterocycles. The minimum Gasteiger partial charge on any atom is -0.310 e. The van der Waals surface area contributed by atoms with Crippen molar-refractivity contribution >= 4 is 22.6 Å². The van der Waals surface area contributed by atoms with E-state index in [-0.39, 0.29) is 5.82 Å². The largest absolute Gasteiger partial charge is 0.310 e. The molecule has 94 valence electrons. The van der Waals surface area contributed by atoms with Gasteiger partial charge in [-0.25, -0.2) is 4.39 Å². The summed E-state index contributed by atoms with van der Waals surface area (Å²) in [6.07, 6.45) is 5.00.